The van der Waals surface area contributed by atoms with Crippen molar-refractivity contribution < 1.29 is 4.39 Å². The zero-order valence-electron chi connectivity index (χ0n) is 15.4. The molecule has 0 aliphatic rings. The van der Waals surface area contributed by atoms with Crippen molar-refractivity contribution in [1.82, 2.24) is 14.8 Å². The lowest BCUT2D eigenvalue weighted by Gasteiger charge is -2.04. The number of rotatable bonds is 3. The molecule has 0 spiro atoms. The van der Waals surface area contributed by atoms with Gasteiger partial charge in [0.1, 0.15) is 5.82 Å². The molecule has 2 aromatic heterocycles. The average Bonchev–Trinajstić information content (AvgIpc) is 3.15. The Labute approximate surface area is 176 Å². The predicted molar refractivity (Wildman–Crippen MR) is 115 cm³/mol. The van der Waals surface area contributed by atoms with Crippen LogP contribution >= 0.6 is 34.5 Å². The molecule has 0 amide bonds. The van der Waals surface area contributed by atoms with E-state index in [-0.39, 0.29) is 16.4 Å². The van der Waals surface area contributed by atoms with Crippen LogP contribution in [-0.4, -0.2) is 14.8 Å². The zero-order valence-corrected chi connectivity index (χ0v) is 17.8. The minimum Gasteiger partial charge on any atom is -0.248 e. The molecule has 0 bridgehead atoms. The number of halogens is 3. The SMILES string of the molecule is Cc1sc(-c2nc(-c3c(F)cccc3Cl)nn2C)c(C)c1-c1ccc(Cl)cc1. The molecule has 7 heteroatoms. The molecule has 2 heterocycles. The van der Waals surface area contributed by atoms with Crippen LogP contribution in [0.3, 0.4) is 0 Å². The van der Waals surface area contributed by atoms with Crippen LogP contribution in [0.4, 0.5) is 4.39 Å². The fourth-order valence-corrected chi connectivity index (χ4v) is 4.88. The van der Waals surface area contributed by atoms with E-state index in [0.717, 1.165) is 21.6 Å². The number of aryl methyl sites for hydroxylation is 2. The van der Waals surface area contributed by atoms with Crippen LogP contribution in [-0.2, 0) is 7.05 Å². The number of nitrogens with zero attached hydrogens (tertiary/aromatic N) is 3. The fourth-order valence-electron chi connectivity index (χ4n) is 3.31. The lowest BCUT2D eigenvalue weighted by molar-refractivity contribution is 0.629. The summed E-state index contributed by atoms with van der Waals surface area (Å²) in [5.41, 5.74) is 3.58. The van der Waals surface area contributed by atoms with Gasteiger partial charge in [0, 0.05) is 16.9 Å². The van der Waals surface area contributed by atoms with Crippen LogP contribution < -0.4 is 0 Å². The molecule has 0 aliphatic heterocycles. The second kappa shape index (κ2) is 7.32. The molecule has 4 aromatic rings. The first-order chi connectivity index (χ1) is 13.4. The highest BCUT2D eigenvalue weighted by Crippen LogP contribution is 2.41. The quantitative estimate of drug-likeness (QED) is 0.351. The lowest BCUT2D eigenvalue weighted by atomic mass is 10.0. The Morgan fingerprint density at radius 1 is 1.00 bits per heavy atom. The van der Waals surface area contributed by atoms with Crippen LogP contribution in [0.2, 0.25) is 10.0 Å². The molecule has 142 valence electrons. The van der Waals surface area contributed by atoms with Crippen molar-refractivity contribution in [2.45, 2.75) is 13.8 Å². The summed E-state index contributed by atoms with van der Waals surface area (Å²) in [4.78, 5) is 6.78. The van der Waals surface area contributed by atoms with Gasteiger partial charge in [-0.05, 0) is 54.8 Å². The van der Waals surface area contributed by atoms with Gasteiger partial charge in [-0.3, -0.25) is 0 Å². The van der Waals surface area contributed by atoms with Gasteiger partial charge in [-0.2, -0.15) is 5.10 Å². The monoisotopic (exact) mass is 431 g/mol. The molecule has 0 fully saturated rings. The largest absolute Gasteiger partial charge is 0.248 e. The third kappa shape index (κ3) is 3.24. The molecule has 0 saturated carbocycles. The Bertz CT molecular complexity index is 1160. The third-order valence-corrected chi connectivity index (χ3v) is 6.38. The molecule has 0 unspecified atom stereocenters. The highest BCUT2D eigenvalue weighted by atomic mass is 35.5. The average molecular weight is 432 g/mol. The molecule has 0 radical (unpaired) electrons. The Morgan fingerprint density at radius 3 is 2.39 bits per heavy atom. The summed E-state index contributed by atoms with van der Waals surface area (Å²) < 4.78 is 16.0. The molecule has 0 N–H and O–H groups in total. The lowest BCUT2D eigenvalue weighted by Crippen LogP contribution is -1.94. The molecular formula is C21H16Cl2FN3S. The van der Waals surface area contributed by atoms with Crippen molar-refractivity contribution in [2.24, 2.45) is 7.05 Å². The highest BCUT2D eigenvalue weighted by molar-refractivity contribution is 7.16. The van der Waals surface area contributed by atoms with Crippen molar-refractivity contribution in [3.05, 3.63) is 68.8 Å². The molecular weight excluding hydrogens is 416 g/mol. The van der Waals surface area contributed by atoms with Gasteiger partial charge in [0.2, 0.25) is 0 Å². The predicted octanol–water partition coefficient (Wildman–Crippen LogP) is 6.94. The van der Waals surface area contributed by atoms with Gasteiger partial charge in [0.15, 0.2) is 11.6 Å². The Balaban J connectivity index is 1.84. The van der Waals surface area contributed by atoms with Gasteiger partial charge < -0.3 is 0 Å². The van der Waals surface area contributed by atoms with Crippen LogP contribution in [0.5, 0.6) is 0 Å². The van der Waals surface area contributed by atoms with Crippen LogP contribution in [0.25, 0.3) is 33.2 Å². The second-order valence-electron chi connectivity index (χ2n) is 6.47. The summed E-state index contributed by atoms with van der Waals surface area (Å²) in [6, 6.07) is 12.3. The van der Waals surface area contributed by atoms with Gasteiger partial charge in [-0.15, -0.1) is 11.3 Å². The summed E-state index contributed by atoms with van der Waals surface area (Å²) in [5.74, 6) is 0.518. The molecule has 2 aromatic carbocycles. The van der Waals surface area contributed by atoms with Crippen molar-refractivity contribution in [3.8, 4) is 33.2 Å². The first-order valence-corrected chi connectivity index (χ1v) is 10.2. The second-order valence-corrected chi connectivity index (χ2v) is 8.54. The summed E-state index contributed by atoms with van der Waals surface area (Å²) in [5, 5.41) is 5.41. The molecule has 0 atom stereocenters. The zero-order chi connectivity index (χ0) is 20.0. The first kappa shape index (κ1) is 19.1. The number of hydrogen-bond donors (Lipinski definition) is 0. The van der Waals surface area contributed by atoms with Crippen molar-refractivity contribution in [1.29, 1.82) is 0 Å². The van der Waals surface area contributed by atoms with Crippen LogP contribution in [0.15, 0.2) is 42.5 Å². The van der Waals surface area contributed by atoms with Gasteiger partial charge in [-0.25, -0.2) is 14.1 Å². The third-order valence-electron chi connectivity index (χ3n) is 4.61. The van der Waals surface area contributed by atoms with E-state index in [4.69, 9.17) is 23.2 Å². The van der Waals surface area contributed by atoms with E-state index < -0.39 is 5.82 Å². The van der Waals surface area contributed by atoms with E-state index in [1.165, 1.54) is 10.9 Å². The maximum absolute atomic E-state index is 14.3. The van der Waals surface area contributed by atoms with E-state index in [2.05, 4.69) is 23.9 Å². The molecule has 0 aliphatic carbocycles. The normalized spacial score (nSPS) is 11.2. The van der Waals surface area contributed by atoms with Crippen molar-refractivity contribution >= 4 is 34.5 Å². The summed E-state index contributed by atoms with van der Waals surface area (Å²) >= 11 is 13.9. The van der Waals surface area contributed by atoms with Crippen molar-refractivity contribution in [2.75, 3.05) is 0 Å². The van der Waals surface area contributed by atoms with E-state index in [1.54, 1.807) is 35.2 Å². The van der Waals surface area contributed by atoms with Crippen LogP contribution in [0, 0.1) is 19.7 Å². The number of hydrogen-bond acceptors (Lipinski definition) is 3. The molecule has 3 nitrogen and oxygen atoms in total. The smallest absolute Gasteiger partial charge is 0.186 e. The van der Waals surface area contributed by atoms with Gasteiger partial charge in [0.05, 0.1) is 15.5 Å². The molecule has 0 saturated heterocycles. The van der Waals surface area contributed by atoms with Crippen molar-refractivity contribution in [3.63, 3.8) is 0 Å². The Hall–Kier alpha value is -2.21. The van der Waals surface area contributed by atoms with E-state index in [0.29, 0.717) is 10.8 Å². The van der Waals surface area contributed by atoms with E-state index in [1.807, 2.05) is 24.3 Å². The maximum atomic E-state index is 14.3. The molecule has 28 heavy (non-hydrogen) atoms. The summed E-state index contributed by atoms with van der Waals surface area (Å²) in [6.45, 7) is 4.14. The fraction of sp³-hybridized carbons (Fsp3) is 0.143. The highest BCUT2D eigenvalue weighted by Gasteiger charge is 2.22. The Kier molecular flexibility index (Phi) is 5.00. The van der Waals surface area contributed by atoms with E-state index >= 15 is 0 Å². The van der Waals surface area contributed by atoms with E-state index in [9.17, 15) is 4.39 Å². The van der Waals surface area contributed by atoms with Crippen LogP contribution in [0.1, 0.15) is 10.4 Å². The maximum Gasteiger partial charge on any atom is 0.186 e. The number of aromatic nitrogens is 3. The minimum absolute atomic E-state index is 0.217. The van der Waals surface area contributed by atoms with Gasteiger partial charge in [0.25, 0.3) is 0 Å². The minimum atomic E-state index is -0.439. The van der Waals surface area contributed by atoms with Gasteiger partial charge >= 0.3 is 0 Å². The van der Waals surface area contributed by atoms with Gasteiger partial charge in [-0.1, -0.05) is 41.4 Å². The summed E-state index contributed by atoms with van der Waals surface area (Å²) in [6.07, 6.45) is 0. The standard InChI is InChI=1S/C21H16Cl2FN3S/c1-11-17(13-7-9-14(22)10-8-13)12(2)28-19(11)21-25-20(26-27(21)3)18-15(23)5-4-6-16(18)24/h4-10H,1-3H3. The number of thiophene rings is 1. The summed E-state index contributed by atoms with van der Waals surface area (Å²) in [7, 11) is 1.80. The number of benzene rings is 2. The topological polar surface area (TPSA) is 30.7 Å². The first-order valence-electron chi connectivity index (χ1n) is 8.58. The Morgan fingerprint density at radius 2 is 1.71 bits per heavy atom. The molecule has 4 rings (SSSR count).